The van der Waals surface area contributed by atoms with E-state index in [-0.39, 0.29) is 35.4 Å². The molecule has 1 fully saturated rings. The Balaban J connectivity index is 0.00000261. The maximum atomic E-state index is 12.6. The predicted octanol–water partition coefficient (Wildman–Crippen LogP) is 2.25. The van der Waals surface area contributed by atoms with E-state index in [1.54, 1.807) is 6.07 Å². The molecule has 0 atom stereocenters. The zero-order valence-electron chi connectivity index (χ0n) is 15.3. The van der Waals surface area contributed by atoms with Crippen LogP contribution in [0.4, 0.5) is 0 Å². The van der Waals surface area contributed by atoms with Gasteiger partial charge in [-0.15, -0.1) is 12.4 Å². The Morgan fingerprint density at radius 3 is 2.48 bits per heavy atom. The van der Waals surface area contributed by atoms with Crippen LogP contribution in [-0.2, 0) is 21.8 Å². The molecule has 1 aromatic carbocycles. The van der Waals surface area contributed by atoms with Crippen molar-refractivity contribution in [2.24, 2.45) is 5.73 Å². The normalized spacial score (nSPS) is 16.0. The third kappa shape index (κ3) is 4.53. The van der Waals surface area contributed by atoms with Crippen LogP contribution in [0.25, 0.3) is 0 Å². The standard InChI is InChI=1S/C17H23N3O5S.ClH/c1-23-13-6-5-12(11-14(13)24-2)26(21,22)10-7-15-19-16(20-25-15)17(18)8-3-4-9-17;/h5-6,11H,3-4,7-10,18H2,1-2H3;1H. The molecule has 0 bridgehead atoms. The van der Waals surface area contributed by atoms with E-state index < -0.39 is 15.4 Å². The van der Waals surface area contributed by atoms with Gasteiger partial charge in [-0.1, -0.05) is 18.0 Å². The number of methoxy groups -OCH3 is 2. The lowest BCUT2D eigenvalue weighted by molar-refractivity contribution is 0.350. The average Bonchev–Trinajstić information content (AvgIpc) is 3.29. The average molecular weight is 418 g/mol. The van der Waals surface area contributed by atoms with Crippen molar-refractivity contribution in [1.82, 2.24) is 10.1 Å². The van der Waals surface area contributed by atoms with Crippen LogP contribution < -0.4 is 15.2 Å². The van der Waals surface area contributed by atoms with Crippen LogP contribution in [0.3, 0.4) is 0 Å². The summed E-state index contributed by atoms with van der Waals surface area (Å²) in [5, 5.41) is 3.95. The van der Waals surface area contributed by atoms with E-state index >= 15 is 0 Å². The van der Waals surface area contributed by atoms with Gasteiger partial charge in [0.15, 0.2) is 27.2 Å². The first-order chi connectivity index (χ1) is 12.4. The second-order valence-corrected chi connectivity index (χ2v) is 8.57. The van der Waals surface area contributed by atoms with E-state index in [2.05, 4.69) is 10.1 Å². The summed E-state index contributed by atoms with van der Waals surface area (Å²) in [5.41, 5.74) is 5.75. The van der Waals surface area contributed by atoms with Crippen LogP contribution in [-0.4, -0.2) is 38.5 Å². The number of rotatable bonds is 7. The first-order valence-electron chi connectivity index (χ1n) is 8.45. The van der Waals surface area contributed by atoms with Crippen molar-refractivity contribution in [2.75, 3.05) is 20.0 Å². The van der Waals surface area contributed by atoms with Crippen molar-refractivity contribution < 1.29 is 22.4 Å². The second kappa shape index (κ2) is 8.45. The van der Waals surface area contributed by atoms with Crippen molar-refractivity contribution >= 4 is 22.2 Å². The summed E-state index contributed by atoms with van der Waals surface area (Å²) in [6, 6.07) is 4.50. The summed E-state index contributed by atoms with van der Waals surface area (Å²) >= 11 is 0. The molecule has 0 aliphatic heterocycles. The Labute approximate surface area is 164 Å². The molecular weight excluding hydrogens is 394 g/mol. The molecule has 8 nitrogen and oxygen atoms in total. The minimum absolute atomic E-state index is 0. The lowest BCUT2D eigenvalue weighted by Gasteiger charge is -2.17. The van der Waals surface area contributed by atoms with Crippen LogP contribution in [0.1, 0.15) is 37.4 Å². The van der Waals surface area contributed by atoms with E-state index in [1.165, 1.54) is 26.4 Å². The third-order valence-electron chi connectivity index (χ3n) is 4.71. The van der Waals surface area contributed by atoms with E-state index in [0.717, 1.165) is 25.7 Å². The molecule has 0 unspecified atom stereocenters. The van der Waals surface area contributed by atoms with Gasteiger partial charge < -0.3 is 19.7 Å². The number of benzene rings is 1. The fourth-order valence-electron chi connectivity index (χ4n) is 3.14. The van der Waals surface area contributed by atoms with Crippen LogP contribution >= 0.6 is 12.4 Å². The van der Waals surface area contributed by atoms with Gasteiger partial charge in [0, 0.05) is 12.5 Å². The topological polar surface area (TPSA) is 118 Å². The van der Waals surface area contributed by atoms with Crippen molar-refractivity contribution in [3.8, 4) is 11.5 Å². The Hall–Kier alpha value is -1.84. The molecule has 3 rings (SSSR count). The van der Waals surface area contributed by atoms with Gasteiger partial charge in [-0.2, -0.15) is 4.98 Å². The summed E-state index contributed by atoms with van der Waals surface area (Å²) in [5.74, 6) is 1.42. The molecule has 2 N–H and O–H groups in total. The minimum Gasteiger partial charge on any atom is -0.493 e. The summed E-state index contributed by atoms with van der Waals surface area (Å²) in [7, 11) is -0.584. The van der Waals surface area contributed by atoms with Crippen LogP contribution in [0, 0.1) is 0 Å². The van der Waals surface area contributed by atoms with Gasteiger partial charge in [0.1, 0.15) is 0 Å². The van der Waals surface area contributed by atoms with Crippen molar-refractivity contribution in [3.63, 3.8) is 0 Å². The number of aromatic nitrogens is 2. The van der Waals surface area contributed by atoms with E-state index in [0.29, 0.717) is 17.3 Å². The van der Waals surface area contributed by atoms with Crippen molar-refractivity contribution in [3.05, 3.63) is 29.9 Å². The molecule has 0 saturated heterocycles. The zero-order chi connectivity index (χ0) is 18.8. The molecule has 0 spiro atoms. The first kappa shape index (κ1) is 21.5. The second-order valence-electron chi connectivity index (χ2n) is 6.46. The quantitative estimate of drug-likeness (QED) is 0.728. The smallest absolute Gasteiger partial charge is 0.227 e. The maximum Gasteiger partial charge on any atom is 0.227 e. The first-order valence-corrected chi connectivity index (χ1v) is 10.1. The Kier molecular flexibility index (Phi) is 6.72. The number of aryl methyl sites for hydroxylation is 1. The molecule has 0 radical (unpaired) electrons. The van der Waals surface area contributed by atoms with Crippen molar-refractivity contribution in [2.45, 2.75) is 42.5 Å². The number of ether oxygens (including phenoxy) is 2. The summed E-state index contributed by atoms with van der Waals surface area (Å²) in [6.45, 7) is 0. The molecule has 1 aliphatic carbocycles. The number of halogens is 1. The van der Waals surface area contributed by atoms with Gasteiger partial charge in [0.2, 0.25) is 5.89 Å². The van der Waals surface area contributed by atoms with E-state index in [9.17, 15) is 8.42 Å². The Morgan fingerprint density at radius 1 is 1.19 bits per heavy atom. The van der Waals surface area contributed by atoms with Crippen LogP contribution in [0.5, 0.6) is 11.5 Å². The lowest BCUT2D eigenvalue weighted by Crippen LogP contribution is -2.34. The monoisotopic (exact) mass is 417 g/mol. The molecular formula is C17H24ClN3O5S. The van der Waals surface area contributed by atoms with Crippen LogP contribution in [0.15, 0.2) is 27.6 Å². The molecule has 150 valence electrons. The highest BCUT2D eigenvalue weighted by Gasteiger charge is 2.36. The van der Waals surface area contributed by atoms with Gasteiger partial charge in [-0.25, -0.2) is 8.42 Å². The van der Waals surface area contributed by atoms with Gasteiger partial charge in [0.05, 0.1) is 30.4 Å². The third-order valence-corrected chi connectivity index (χ3v) is 6.42. The fourth-order valence-corrected chi connectivity index (χ4v) is 4.38. The Morgan fingerprint density at radius 2 is 1.85 bits per heavy atom. The predicted molar refractivity (Wildman–Crippen MR) is 101 cm³/mol. The molecule has 2 aromatic rings. The van der Waals surface area contributed by atoms with E-state index in [4.69, 9.17) is 19.7 Å². The molecule has 1 heterocycles. The molecule has 27 heavy (non-hydrogen) atoms. The minimum atomic E-state index is -3.54. The highest BCUT2D eigenvalue weighted by Crippen LogP contribution is 2.34. The zero-order valence-corrected chi connectivity index (χ0v) is 16.9. The Bertz CT molecular complexity index is 878. The lowest BCUT2D eigenvalue weighted by atomic mass is 9.99. The molecule has 1 aromatic heterocycles. The van der Waals surface area contributed by atoms with Crippen molar-refractivity contribution in [1.29, 1.82) is 0 Å². The summed E-state index contributed by atoms with van der Waals surface area (Å²) in [4.78, 5) is 4.46. The number of hydrogen-bond acceptors (Lipinski definition) is 8. The highest BCUT2D eigenvalue weighted by atomic mass is 35.5. The summed E-state index contributed by atoms with van der Waals surface area (Å²) in [6.07, 6.45) is 3.83. The van der Waals surface area contributed by atoms with E-state index in [1.807, 2.05) is 0 Å². The number of hydrogen-bond donors (Lipinski definition) is 1. The fraction of sp³-hybridized carbons (Fsp3) is 0.529. The van der Waals surface area contributed by atoms with Gasteiger partial charge in [-0.05, 0) is 25.0 Å². The molecule has 0 amide bonds. The molecule has 1 saturated carbocycles. The van der Waals surface area contributed by atoms with Gasteiger partial charge in [0.25, 0.3) is 0 Å². The van der Waals surface area contributed by atoms with Crippen LogP contribution in [0.2, 0.25) is 0 Å². The number of sulfone groups is 1. The van der Waals surface area contributed by atoms with Gasteiger partial charge in [-0.3, -0.25) is 0 Å². The van der Waals surface area contributed by atoms with Gasteiger partial charge >= 0.3 is 0 Å². The number of nitrogens with two attached hydrogens (primary N) is 1. The molecule has 1 aliphatic rings. The number of nitrogens with zero attached hydrogens (tertiary/aromatic N) is 2. The molecule has 10 heteroatoms. The largest absolute Gasteiger partial charge is 0.493 e. The highest BCUT2D eigenvalue weighted by molar-refractivity contribution is 7.91. The summed E-state index contributed by atoms with van der Waals surface area (Å²) < 4.78 is 40.7. The maximum absolute atomic E-state index is 12.6. The SMILES string of the molecule is COc1ccc(S(=O)(=O)CCc2nc(C3(N)CCCC3)no2)cc1OC.Cl.